The number of aryl methyl sites for hydroxylation is 1. The molecule has 1 heterocycles. The van der Waals surface area contributed by atoms with Crippen LogP contribution in [-0.4, -0.2) is 5.78 Å². The molecule has 4 heteroatoms. The van der Waals surface area contributed by atoms with Gasteiger partial charge in [0, 0.05) is 16.5 Å². The minimum Gasteiger partial charge on any atom is -0.452 e. The van der Waals surface area contributed by atoms with Crippen molar-refractivity contribution in [1.82, 2.24) is 0 Å². The highest BCUT2D eigenvalue weighted by Crippen LogP contribution is 2.29. The van der Waals surface area contributed by atoms with E-state index in [-0.39, 0.29) is 5.78 Å². The lowest BCUT2D eigenvalue weighted by molar-refractivity contribution is 0.101. The predicted octanol–water partition coefficient (Wildman–Crippen LogP) is 5.28. The third-order valence-electron chi connectivity index (χ3n) is 3.23. The second-order valence-electron chi connectivity index (χ2n) is 4.51. The zero-order valence-electron chi connectivity index (χ0n) is 10.6. The zero-order chi connectivity index (χ0) is 14.3. The number of para-hydroxylation sites is 1. The summed E-state index contributed by atoms with van der Waals surface area (Å²) in [6.07, 6.45) is 0. The molecule has 0 bridgehead atoms. The first-order valence-corrected chi connectivity index (χ1v) is 6.81. The third kappa shape index (κ3) is 2.11. The van der Waals surface area contributed by atoms with Crippen LogP contribution >= 0.6 is 23.2 Å². The first-order chi connectivity index (χ1) is 9.58. The molecule has 0 aliphatic carbocycles. The van der Waals surface area contributed by atoms with Crippen molar-refractivity contribution in [2.24, 2.45) is 0 Å². The molecule has 0 fully saturated rings. The number of carbonyl (C=O) groups excluding carboxylic acids is 1. The third-order valence-corrected chi connectivity index (χ3v) is 3.97. The molecule has 0 saturated carbocycles. The van der Waals surface area contributed by atoms with Crippen LogP contribution in [0.15, 0.2) is 46.9 Å². The molecule has 0 saturated heterocycles. The normalized spacial score (nSPS) is 10.9. The minimum absolute atomic E-state index is 0.197. The maximum absolute atomic E-state index is 12.5. The van der Waals surface area contributed by atoms with Gasteiger partial charge in [-0.15, -0.1) is 0 Å². The van der Waals surface area contributed by atoms with Crippen molar-refractivity contribution in [1.29, 1.82) is 0 Å². The smallest absolute Gasteiger partial charge is 0.228 e. The lowest BCUT2D eigenvalue weighted by atomic mass is 10.0. The first kappa shape index (κ1) is 13.2. The van der Waals surface area contributed by atoms with E-state index in [9.17, 15) is 4.79 Å². The van der Waals surface area contributed by atoms with E-state index in [0.717, 1.165) is 10.9 Å². The van der Waals surface area contributed by atoms with Gasteiger partial charge in [-0.25, -0.2) is 0 Å². The van der Waals surface area contributed by atoms with Crippen LogP contribution in [0.4, 0.5) is 0 Å². The Balaban J connectivity index is 2.12. The predicted molar refractivity (Wildman–Crippen MR) is 80.8 cm³/mol. The monoisotopic (exact) mass is 304 g/mol. The van der Waals surface area contributed by atoms with Crippen molar-refractivity contribution < 1.29 is 9.21 Å². The van der Waals surface area contributed by atoms with Crippen LogP contribution in [0.1, 0.15) is 21.7 Å². The Morgan fingerprint density at radius 1 is 1.05 bits per heavy atom. The average molecular weight is 305 g/mol. The van der Waals surface area contributed by atoms with E-state index in [1.807, 2.05) is 31.2 Å². The Kier molecular flexibility index (Phi) is 3.28. The summed E-state index contributed by atoms with van der Waals surface area (Å²) < 4.78 is 5.66. The maximum Gasteiger partial charge on any atom is 0.228 e. The van der Waals surface area contributed by atoms with Crippen LogP contribution in [0, 0.1) is 6.92 Å². The summed E-state index contributed by atoms with van der Waals surface area (Å²) in [5.41, 5.74) is 1.99. The van der Waals surface area contributed by atoms with Crippen LogP contribution < -0.4 is 0 Å². The van der Waals surface area contributed by atoms with E-state index in [0.29, 0.717) is 27.0 Å². The van der Waals surface area contributed by atoms with Crippen molar-refractivity contribution in [3.05, 3.63) is 69.4 Å². The lowest BCUT2D eigenvalue weighted by Gasteiger charge is -2.01. The van der Waals surface area contributed by atoms with Crippen molar-refractivity contribution >= 4 is 40.0 Å². The molecule has 3 rings (SSSR count). The average Bonchev–Trinajstić information content (AvgIpc) is 2.79. The molecule has 0 spiro atoms. The van der Waals surface area contributed by atoms with Crippen LogP contribution in [0.3, 0.4) is 0 Å². The molecule has 0 N–H and O–H groups in total. The highest BCUT2D eigenvalue weighted by Gasteiger charge is 2.19. The van der Waals surface area contributed by atoms with Gasteiger partial charge in [-0.2, -0.15) is 0 Å². The second-order valence-corrected chi connectivity index (χ2v) is 5.32. The van der Waals surface area contributed by atoms with Gasteiger partial charge in [-0.1, -0.05) is 41.4 Å². The molecule has 0 atom stereocenters. The summed E-state index contributed by atoms with van der Waals surface area (Å²) >= 11 is 11.8. The van der Waals surface area contributed by atoms with Gasteiger partial charge >= 0.3 is 0 Å². The van der Waals surface area contributed by atoms with Gasteiger partial charge in [0.2, 0.25) is 5.78 Å². The Morgan fingerprint density at radius 2 is 1.80 bits per heavy atom. The van der Waals surface area contributed by atoms with E-state index in [1.165, 1.54) is 0 Å². The standard InChI is InChI=1S/C16H10Cl2O2/c1-9-11-4-2-3-5-14(11)20-16(9)15(19)10-6-7-12(17)13(18)8-10/h2-8H,1H3. The van der Waals surface area contributed by atoms with E-state index in [4.69, 9.17) is 27.6 Å². The van der Waals surface area contributed by atoms with Crippen molar-refractivity contribution in [2.75, 3.05) is 0 Å². The summed E-state index contributed by atoms with van der Waals surface area (Å²) in [4.78, 5) is 12.5. The second kappa shape index (κ2) is 4.97. The quantitative estimate of drug-likeness (QED) is 0.603. The highest BCUT2D eigenvalue weighted by molar-refractivity contribution is 6.42. The summed E-state index contributed by atoms with van der Waals surface area (Å²) in [5.74, 6) is 0.141. The van der Waals surface area contributed by atoms with Crippen molar-refractivity contribution in [2.45, 2.75) is 6.92 Å². The number of halogens is 2. The molecular formula is C16H10Cl2O2. The molecule has 100 valence electrons. The lowest BCUT2D eigenvalue weighted by Crippen LogP contribution is -2.01. The van der Waals surface area contributed by atoms with Gasteiger partial charge in [-0.05, 0) is 31.2 Å². The van der Waals surface area contributed by atoms with Gasteiger partial charge in [-0.3, -0.25) is 4.79 Å². The van der Waals surface area contributed by atoms with E-state index in [1.54, 1.807) is 18.2 Å². The molecule has 0 unspecified atom stereocenters. The number of rotatable bonds is 2. The molecule has 0 amide bonds. The number of ketones is 1. The molecule has 2 aromatic carbocycles. The first-order valence-electron chi connectivity index (χ1n) is 6.06. The van der Waals surface area contributed by atoms with E-state index >= 15 is 0 Å². The van der Waals surface area contributed by atoms with Crippen molar-refractivity contribution in [3.63, 3.8) is 0 Å². The maximum atomic E-state index is 12.5. The highest BCUT2D eigenvalue weighted by atomic mass is 35.5. The molecule has 20 heavy (non-hydrogen) atoms. The van der Waals surface area contributed by atoms with Crippen LogP contribution in [-0.2, 0) is 0 Å². The molecular weight excluding hydrogens is 295 g/mol. The zero-order valence-corrected chi connectivity index (χ0v) is 12.1. The van der Waals surface area contributed by atoms with Gasteiger partial charge in [0.25, 0.3) is 0 Å². The van der Waals surface area contributed by atoms with Gasteiger partial charge in [0.15, 0.2) is 5.76 Å². The SMILES string of the molecule is Cc1c(C(=O)c2ccc(Cl)c(Cl)c2)oc2ccccc12. The Hall–Kier alpha value is -1.77. The molecule has 0 radical (unpaired) electrons. The summed E-state index contributed by atoms with van der Waals surface area (Å²) in [5, 5.41) is 1.71. The van der Waals surface area contributed by atoms with Gasteiger partial charge < -0.3 is 4.42 Å². The van der Waals surface area contributed by atoms with E-state index in [2.05, 4.69) is 0 Å². The summed E-state index contributed by atoms with van der Waals surface area (Å²) in [6.45, 7) is 1.87. The fourth-order valence-corrected chi connectivity index (χ4v) is 2.46. The van der Waals surface area contributed by atoms with Gasteiger partial charge in [0.1, 0.15) is 5.58 Å². The van der Waals surface area contributed by atoms with Gasteiger partial charge in [0.05, 0.1) is 10.0 Å². The number of benzene rings is 2. The number of hydrogen-bond donors (Lipinski definition) is 0. The summed E-state index contributed by atoms with van der Waals surface area (Å²) in [6, 6.07) is 12.4. The Labute approximate surface area is 125 Å². The summed E-state index contributed by atoms with van der Waals surface area (Å²) in [7, 11) is 0. The number of hydrogen-bond acceptors (Lipinski definition) is 2. The molecule has 1 aromatic heterocycles. The number of carbonyl (C=O) groups is 1. The minimum atomic E-state index is -0.197. The molecule has 0 aliphatic rings. The molecule has 0 aliphatic heterocycles. The molecule has 3 aromatic rings. The van der Waals surface area contributed by atoms with Crippen molar-refractivity contribution in [3.8, 4) is 0 Å². The fraction of sp³-hybridized carbons (Fsp3) is 0.0625. The van der Waals surface area contributed by atoms with Crippen LogP contribution in [0.5, 0.6) is 0 Å². The Bertz CT molecular complexity index is 818. The topological polar surface area (TPSA) is 30.2 Å². The number of furan rings is 1. The van der Waals surface area contributed by atoms with Crippen LogP contribution in [0.2, 0.25) is 10.0 Å². The molecule has 2 nitrogen and oxygen atoms in total. The van der Waals surface area contributed by atoms with E-state index < -0.39 is 0 Å². The Morgan fingerprint density at radius 3 is 2.50 bits per heavy atom. The number of fused-ring (bicyclic) bond motifs is 1. The fourth-order valence-electron chi connectivity index (χ4n) is 2.16. The largest absolute Gasteiger partial charge is 0.452 e. The van der Waals surface area contributed by atoms with Crippen LogP contribution in [0.25, 0.3) is 11.0 Å².